The molecule has 0 fully saturated rings. The Labute approximate surface area is 75.2 Å². The molecule has 66 valence electrons. The van der Waals surface area contributed by atoms with Gasteiger partial charge in [0.05, 0.1) is 24.0 Å². The van der Waals surface area contributed by atoms with Crippen LogP contribution in [0.15, 0.2) is 40.8 Å². The number of fused-ring (bicyclic) bond motifs is 1. The molecule has 0 bridgehead atoms. The van der Waals surface area contributed by atoms with Crippen LogP contribution in [-0.2, 0) is 4.79 Å². The lowest BCUT2D eigenvalue weighted by Crippen LogP contribution is -2.23. The van der Waals surface area contributed by atoms with Crippen LogP contribution in [0.4, 0.5) is 0 Å². The summed E-state index contributed by atoms with van der Waals surface area (Å²) >= 11 is 0. The second-order valence-electron chi connectivity index (χ2n) is 2.76. The highest BCUT2D eigenvalue weighted by Crippen LogP contribution is 2.18. The lowest BCUT2D eigenvalue weighted by Gasteiger charge is -2.24. The minimum absolute atomic E-state index is 0.291. The van der Waals surface area contributed by atoms with Crippen molar-refractivity contribution in [3.05, 3.63) is 35.8 Å². The maximum absolute atomic E-state index is 10.6. The number of allylic oxidation sites excluding steroid dienone is 1. The number of hydrogen-bond acceptors (Lipinski definition) is 3. The Morgan fingerprint density at radius 1 is 1.62 bits per heavy atom. The van der Waals surface area contributed by atoms with Crippen molar-refractivity contribution in [3.8, 4) is 0 Å². The molecule has 4 heteroatoms. The van der Waals surface area contributed by atoms with E-state index >= 15 is 0 Å². The first-order valence-corrected chi connectivity index (χ1v) is 3.89. The van der Waals surface area contributed by atoms with E-state index in [-0.39, 0.29) is 0 Å². The maximum atomic E-state index is 10.6. The Morgan fingerprint density at radius 2 is 2.46 bits per heavy atom. The van der Waals surface area contributed by atoms with Gasteiger partial charge in [-0.25, -0.2) is 4.79 Å². The van der Waals surface area contributed by atoms with Gasteiger partial charge in [0.25, 0.3) is 0 Å². The number of rotatable bonds is 1. The van der Waals surface area contributed by atoms with Crippen LogP contribution in [0.1, 0.15) is 0 Å². The van der Waals surface area contributed by atoms with Gasteiger partial charge < -0.3 is 10.0 Å². The third-order valence-electron chi connectivity index (χ3n) is 1.91. The fourth-order valence-corrected chi connectivity index (χ4v) is 1.22. The highest BCUT2D eigenvalue weighted by atomic mass is 16.4. The average molecular weight is 176 g/mol. The zero-order valence-corrected chi connectivity index (χ0v) is 6.84. The van der Waals surface area contributed by atoms with Gasteiger partial charge in [0.2, 0.25) is 0 Å². The Balaban J connectivity index is 2.34. The molecule has 0 aromatic rings. The molecule has 0 radical (unpaired) electrons. The van der Waals surface area contributed by atoms with Gasteiger partial charge in [-0.1, -0.05) is 0 Å². The number of aliphatic imine (C=N–C) groups is 1. The first-order valence-electron chi connectivity index (χ1n) is 3.89. The zero-order chi connectivity index (χ0) is 9.26. The smallest absolute Gasteiger partial charge is 0.335 e. The maximum Gasteiger partial charge on any atom is 0.335 e. The van der Waals surface area contributed by atoms with Crippen LogP contribution < -0.4 is 0 Å². The summed E-state index contributed by atoms with van der Waals surface area (Å²) in [6, 6.07) is 0. The Hall–Kier alpha value is -1.84. The molecule has 0 aliphatic carbocycles. The summed E-state index contributed by atoms with van der Waals surface area (Å²) in [5.41, 5.74) is 1.11. The standard InChI is InChI=1S/C9H8N2O2/c12-9(13)7-1-3-11-4-2-10-6-8(11)5-7/h1-3,5-6H,4H2,(H,12,13). The number of carboxylic acids is 1. The Kier molecular flexibility index (Phi) is 1.73. The van der Waals surface area contributed by atoms with Crippen molar-refractivity contribution in [2.75, 3.05) is 6.54 Å². The molecule has 13 heavy (non-hydrogen) atoms. The largest absolute Gasteiger partial charge is 0.478 e. The lowest BCUT2D eigenvalue weighted by atomic mass is 10.1. The molecule has 4 nitrogen and oxygen atoms in total. The van der Waals surface area contributed by atoms with Gasteiger partial charge in [-0.15, -0.1) is 0 Å². The van der Waals surface area contributed by atoms with E-state index in [0.29, 0.717) is 12.1 Å². The molecule has 0 atom stereocenters. The zero-order valence-electron chi connectivity index (χ0n) is 6.84. The summed E-state index contributed by atoms with van der Waals surface area (Å²) in [6.45, 7) is 0.700. The molecule has 2 rings (SSSR count). The molecule has 0 amide bonds. The van der Waals surface area contributed by atoms with Crippen molar-refractivity contribution < 1.29 is 9.90 Å². The van der Waals surface area contributed by atoms with Gasteiger partial charge in [0, 0.05) is 12.4 Å². The molecular formula is C9H8N2O2. The highest BCUT2D eigenvalue weighted by Gasteiger charge is 2.14. The number of hydrogen-bond donors (Lipinski definition) is 1. The highest BCUT2D eigenvalue weighted by molar-refractivity contribution is 5.91. The van der Waals surface area contributed by atoms with Crippen LogP contribution in [0, 0.1) is 0 Å². The summed E-state index contributed by atoms with van der Waals surface area (Å²) in [7, 11) is 0. The van der Waals surface area contributed by atoms with Crippen LogP contribution in [0.2, 0.25) is 0 Å². The summed E-state index contributed by atoms with van der Waals surface area (Å²) < 4.78 is 0. The molecule has 2 aliphatic heterocycles. The van der Waals surface area contributed by atoms with Gasteiger partial charge in [0.15, 0.2) is 0 Å². The fourth-order valence-electron chi connectivity index (χ4n) is 1.22. The monoisotopic (exact) mass is 176 g/mol. The van der Waals surface area contributed by atoms with Crippen molar-refractivity contribution in [1.82, 2.24) is 4.90 Å². The normalized spacial score (nSPS) is 19.2. The number of nitrogens with zero attached hydrogens (tertiary/aromatic N) is 2. The van der Waals surface area contributed by atoms with Gasteiger partial charge in [-0.3, -0.25) is 4.99 Å². The average Bonchev–Trinajstić information content (AvgIpc) is 2.17. The molecule has 1 N–H and O–H groups in total. The molecule has 0 spiro atoms. The van der Waals surface area contributed by atoms with E-state index in [1.165, 1.54) is 0 Å². The minimum Gasteiger partial charge on any atom is -0.478 e. The van der Waals surface area contributed by atoms with Crippen molar-refractivity contribution in [2.24, 2.45) is 4.99 Å². The molecule has 0 saturated carbocycles. The summed E-state index contributed by atoms with van der Waals surface area (Å²) in [6.07, 6.45) is 8.36. The first kappa shape index (κ1) is 7.79. The van der Waals surface area contributed by atoms with E-state index in [9.17, 15) is 4.79 Å². The second-order valence-corrected chi connectivity index (χ2v) is 2.76. The first-order chi connectivity index (χ1) is 6.27. The number of carboxylic acid groups (broad SMARTS) is 1. The summed E-state index contributed by atoms with van der Waals surface area (Å²) in [5.74, 6) is -0.911. The Morgan fingerprint density at radius 3 is 3.23 bits per heavy atom. The van der Waals surface area contributed by atoms with Crippen molar-refractivity contribution in [2.45, 2.75) is 0 Å². The summed E-state index contributed by atoms with van der Waals surface area (Å²) in [5, 5.41) is 8.72. The number of aliphatic carboxylic acids is 1. The predicted molar refractivity (Wildman–Crippen MR) is 48.1 cm³/mol. The molecule has 0 aromatic heterocycles. The molecule has 0 aromatic carbocycles. The SMILES string of the molecule is O=C(O)C1=CC2=CN=CCN2C=C1. The van der Waals surface area contributed by atoms with E-state index in [1.54, 1.807) is 30.8 Å². The van der Waals surface area contributed by atoms with E-state index in [4.69, 9.17) is 5.11 Å². The third-order valence-corrected chi connectivity index (χ3v) is 1.91. The topological polar surface area (TPSA) is 52.9 Å². The Bertz CT molecular complexity index is 364. The van der Waals surface area contributed by atoms with Crippen LogP contribution >= 0.6 is 0 Å². The van der Waals surface area contributed by atoms with Crippen molar-refractivity contribution in [1.29, 1.82) is 0 Å². The van der Waals surface area contributed by atoms with Gasteiger partial charge in [-0.05, 0) is 12.2 Å². The fraction of sp³-hybridized carbons (Fsp3) is 0.111. The van der Waals surface area contributed by atoms with Crippen molar-refractivity contribution >= 4 is 12.2 Å². The van der Waals surface area contributed by atoms with E-state index in [0.717, 1.165) is 5.70 Å². The molecule has 2 heterocycles. The molecular weight excluding hydrogens is 168 g/mol. The van der Waals surface area contributed by atoms with Crippen molar-refractivity contribution in [3.63, 3.8) is 0 Å². The van der Waals surface area contributed by atoms with Crippen LogP contribution in [0.3, 0.4) is 0 Å². The molecule has 2 aliphatic rings. The third kappa shape index (κ3) is 1.38. The van der Waals surface area contributed by atoms with Crippen LogP contribution in [-0.4, -0.2) is 28.7 Å². The predicted octanol–water partition coefficient (Wildman–Crippen LogP) is 0.753. The van der Waals surface area contributed by atoms with Gasteiger partial charge in [-0.2, -0.15) is 0 Å². The minimum atomic E-state index is -0.911. The van der Waals surface area contributed by atoms with Crippen LogP contribution in [0.25, 0.3) is 0 Å². The van der Waals surface area contributed by atoms with E-state index in [2.05, 4.69) is 4.99 Å². The van der Waals surface area contributed by atoms with E-state index in [1.807, 2.05) is 4.90 Å². The molecule has 0 unspecified atom stereocenters. The summed E-state index contributed by atoms with van der Waals surface area (Å²) in [4.78, 5) is 16.5. The number of carbonyl (C=O) groups is 1. The quantitative estimate of drug-likeness (QED) is 0.641. The van der Waals surface area contributed by atoms with E-state index < -0.39 is 5.97 Å². The molecule has 0 saturated heterocycles. The van der Waals surface area contributed by atoms with Gasteiger partial charge in [0.1, 0.15) is 0 Å². The van der Waals surface area contributed by atoms with Crippen LogP contribution in [0.5, 0.6) is 0 Å². The van der Waals surface area contributed by atoms with Gasteiger partial charge >= 0.3 is 5.97 Å². The lowest BCUT2D eigenvalue weighted by molar-refractivity contribution is -0.132. The second kappa shape index (κ2) is 2.90.